The van der Waals surface area contributed by atoms with Crippen molar-refractivity contribution in [3.63, 3.8) is 0 Å². The van der Waals surface area contributed by atoms with Crippen LogP contribution in [0.1, 0.15) is 31.9 Å². The van der Waals surface area contributed by atoms with Crippen molar-refractivity contribution >= 4 is 17.7 Å². The minimum atomic E-state index is -0.0137. The van der Waals surface area contributed by atoms with E-state index >= 15 is 0 Å². The molecule has 4 heterocycles. The van der Waals surface area contributed by atoms with Crippen LogP contribution in [0.4, 0.5) is 11.8 Å². The summed E-state index contributed by atoms with van der Waals surface area (Å²) in [6.45, 7) is 8.01. The Morgan fingerprint density at radius 2 is 1.93 bits per heavy atom. The number of carbonyl (C=O) groups excluding carboxylic acids is 1. The summed E-state index contributed by atoms with van der Waals surface area (Å²) in [5.41, 5.74) is 1.09. The van der Waals surface area contributed by atoms with Crippen molar-refractivity contribution < 1.29 is 9.53 Å². The smallest absolute Gasteiger partial charge is 0.237 e. The lowest BCUT2D eigenvalue weighted by atomic mass is 10.0. The van der Waals surface area contributed by atoms with E-state index in [1.807, 2.05) is 0 Å². The Balaban J connectivity index is 1.40. The van der Waals surface area contributed by atoms with Crippen LogP contribution in [0.25, 0.3) is 0 Å². The lowest BCUT2D eigenvalue weighted by Crippen LogP contribution is -2.48. The molecule has 0 unspecified atom stereocenters. The molecule has 2 N–H and O–H groups in total. The van der Waals surface area contributed by atoms with E-state index in [4.69, 9.17) is 14.7 Å². The van der Waals surface area contributed by atoms with E-state index in [1.54, 1.807) is 0 Å². The SMILES string of the molecule is CCc1cc(N2CCC(N[C@@H]3CCNC3=O)CC2)nc(N2CCOCC2)n1. The highest BCUT2D eigenvalue weighted by atomic mass is 16.5. The summed E-state index contributed by atoms with van der Waals surface area (Å²) in [6, 6.07) is 2.52. The van der Waals surface area contributed by atoms with Crippen molar-refractivity contribution in [2.75, 3.05) is 55.7 Å². The topological polar surface area (TPSA) is 82.6 Å². The first-order valence-electron chi connectivity index (χ1n) is 10.2. The van der Waals surface area contributed by atoms with E-state index < -0.39 is 0 Å². The summed E-state index contributed by atoms with van der Waals surface area (Å²) >= 11 is 0. The summed E-state index contributed by atoms with van der Waals surface area (Å²) in [4.78, 5) is 26.0. The van der Waals surface area contributed by atoms with Crippen molar-refractivity contribution in [2.24, 2.45) is 0 Å². The number of ether oxygens (including phenoxy) is 1. The molecule has 0 spiro atoms. The van der Waals surface area contributed by atoms with E-state index in [-0.39, 0.29) is 11.9 Å². The van der Waals surface area contributed by atoms with Crippen LogP contribution >= 0.6 is 0 Å². The highest BCUT2D eigenvalue weighted by Gasteiger charge is 2.29. The molecule has 27 heavy (non-hydrogen) atoms. The predicted molar refractivity (Wildman–Crippen MR) is 104 cm³/mol. The maximum absolute atomic E-state index is 11.8. The second kappa shape index (κ2) is 8.39. The van der Waals surface area contributed by atoms with Crippen LogP contribution in [0.2, 0.25) is 0 Å². The molecule has 3 aliphatic rings. The molecule has 3 fully saturated rings. The van der Waals surface area contributed by atoms with Gasteiger partial charge in [-0.2, -0.15) is 4.98 Å². The highest BCUT2D eigenvalue weighted by Crippen LogP contribution is 2.23. The van der Waals surface area contributed by atoms with E-state index in [0.29, 0.717) is 6.04 Å². The Labute approximate surface area is 160 Å². The highest BCUT2D eigenvalue weighted by molar-refractivity contribution is 5.83. The van der Waals surface area contributed by atoms with E-state index in [9.17, 15) is 4.79 Å². The normalized spacial score (nSPS) is 24.3. The van der Waals surface area contributed by atoms with E-state index in [1.165, 1.54) is 0 Å². The van der Waals surface area contributed by atoms with Crippen LogP contribution < -0.4 is 20.4 Å². The van der Waals surface area contributed by atoms with Crippen LogP contribution in [-0.2, 0) is 16.0 Å². The number of amides is 1. The zero-order valence-electron chi connectivity index (χ0n) is 16.1. The fraction of sp³-hybridized carbons (Fsp3) is 0.737. The van der Waals surface area contributed by atoms with Gasteiger partial charge in [0.25, 0.3) is 0 Å². The summed E-state index contributed by atoms with van der Waals surface area (Å²) < 4.78 is 5.46. The van der Waals surface area contributed by atoms with Crippen molar-refractivity contribution in [3.05, 3.63) is 11.8 Å². The summed E-state index contributed by atoms with van der Waals surface area (Å²) in [5.74, 6) is 2.01. The van der Waals surface area contributed by atoms with Crippen LogP contribution in [0.15, 0.2) is 6.07 Å². The van der Waals surface area contributed by atoms with Crippen LogP contribution in [0, 0.1) is 0 Å². The average molecular weight is 374 g/mol. The summed E-state index contributed by atoms with van der Waals surface area (Å²) in [6.07, 6.45) is 3.86. The Morgan fingerprint density at radius 3 is 2.59 bits per heavy atom. The summed E-state index contributed by atoms with van der Waals surface area (Å²) in [7, 11) is 0. The third-order valence-corrected chi connectivity index (χ3v) is 5.71. The van der Waals surface area contributed by atoms with Gasteiger partial charge >= 0.3 is 0 Å². The van der Waals surface area contributed by atoms with Gasteiger partial charge in [0.2, 0.25) is 11.9 Å². The Morgan fingerprint density at radius 1 is 1.15 bits per heavy atom. The average Bonchev–Trinajstić information content (AvgIpc) is 3.13. The lowest BCUT2D eigenvalue weighted by molar-refractivity contribution is -0.121. The molecule has 0 aromatic carbocycles. The van der Waals surface area contributed by atoms with Crippen LogP contribution in [-0.4, -0.2) is 73.9 Å². The monoisotopic (exact) mass is 374 g/mol. The molecule has 3 saturated heterocycles. The third-order valence-electron chi connectivity index (χ3n) is 5.71. The zero-order chi connectivity index (χ0) is 18.6. The number of morpholine rings is 1. The molecule has 1 atom stereocenters. The lowest BCUT2D eigenvalue weighted by Gasteiger charge is -2.35. The first-order chi connectivity index (χ1) is 13.2. The molecule has 1 amide bonds. The van der Waals surface area contributed by atoms with Gasteiger partial charge in [-0.15, -0.1) is 0 Å². The fourth-order valence-electron chi connectivity index (χ4n) is 4.03. The van der Waals surface area contributed by atoms with Gasteiger partial charge < -0.3 is 25.2 Å². The number of nitrogens with one attached hydrogen (secondary N) is 2. The number of piperidine rings is 1. The molecular weight excluding hydrogens is 344 g/mol. The summed E-state index contributed by atoms with van der Waals surface area (Å²) in [5, 5.41) is 6.43. The van der Waals surface area contributed by atoms with Crippen LogP contribution in [0.3, 0.4) is 0 Å². The number of aromatic nitrogens is 2. The molecule has 0 saturated carbocycles. The largest absolute Gasteiger partial charge is 0.378 e. The molecule has 8 nitrogen and oxygen atoms in total. The van der Waals surface area contributed by atoms with Crippen LogP contribution in [0.5, 0.6) is 0 Å². The molecule has 3 aliphatic heterocycles. The molecule has 0 aliphatic carbocycles. The van der Waals surface area contributed by atoms with Gasteiger partial charge in [0.05, 0.1) is 19.3 Å². The van der Waals surface area contributed by atoms with Crippen molar-refractivity contribution in [2.45, 2.75) is 44.7 Å². The molecule has 0 bridgehead atoms. The molecule has 1 aromatic heterocycles. The molecule has 1 aromatic rings. The quantitative estimate of drug-likeness (QED) is 0.768. The molecular formula is C19H30N6O2. The Bertz CT molecular complexity index is 656. The maximum Gasteiger partial charge on any atom is 0.237 e. The Hall–Kier alpha value is -1.93. The van der Waals surface area contributed by atoms with Gasteiger partial charge in [-0.3, -0.25) is 4.79 Å². The first kappa shape index (κ1) is 18.4. The number of anilines is 2. The van der Waals surface area contributed by atoms with Gasteiger partial charge in [0, 0.05) is 50.5 Å². The first-order valence-corrected chi connectivity index (χ1v) is 10.2. The number of rotatable bonds is 5. The molecule has 4 rings (SSSR count). The predicted octanol–water partition coefficient (Wildman–Crippen LogP) is 0.323. The second-order valence-electron chi connectivity index (χ2n) is 7.53. The minimum Gasteiger partial charge on any atom is -0.378 e. The van der Waals surface area contributed by atoms with Gasteiger partial charge in [-0.25, -0.2) is 4.98 Å². The standard InChI is InChI=1S/C19H30N6O2/c1-2-14-13-17(23-19(22-14)25-9-11-27-12-10-25)24-7-4-15(5-8-24)21-16-3-6-20-18(16)26/h13,15-16,21H,2-12H2,1H3,(H,20,26)/t16-/m1/s1. The zero-order valence-corrected chi connectivity index (χ0v) is 16.1. The van der Waals surface area contributed by atoms with Gasteiger partial charge in [0.15, 0.2) is 0 Å². The van der Waals surface area contributed by atoms with Gasteiger partial charge in [-0.05, 0) is 25.7 Å². The number of nitrogens with zero attached hydrogens (tertiary/aromatic N) is 4. The number of hydrogen-bond acceptors (Lipinski definition) is 7. The molecule has 0 radical (unpaired) electrons. The number of aryl methyl sites for hydroxylation is 1. The van der Waals surface area contributed by atoms with E-state index in [0.717, 1.165) is 89.1 Å². The number of carbonyl (C=O) groups is 1. The fourth-order valence-corrected chi connectivity index (χ4v) is 4.03. The van der Waals surface area contributed by atoms with Gasteiger partial charge in [0.1, 0.15) is 5.82 Å². The molecule has 8 heteroatoms. The van der Waals surface area contributed by atoms with E-state index in [2.05, 4.69) is 33.4 Å². The molecule has 148 valence electrons. The van der Waals surface area contributed by atoms with Crippen molar-refractivity contribution in [3.8, 4) is 0 Å². The Kier molecular flexibility index (Phi) is 5.73. The third kappa shape index (κ3) is 4.32. The maximum atomic E-state index is 11.8. The van der Waals surface area contributed by atoms with Crippen molar-refractivity contribution in [1.82, 2.24) is 20.6 Å². The second-order valence-corrected chi connectivity index (χ2v) is 7.53. The number of hydrogen-bond donors (Lipinski definition) is 2. The van der Waals surface area contributed by atoms with Crippen molar-refractivity contribution in [1.29, 1.82) is 0 Å². The van der Waals surface area contributed by atoms with Gasteiger partial charge in [-0.1, -0.05) is 6.92 Å². The minimum absolute atomic E-state index is 0.0137.